The van der Waals surface area contributed by atoms with Crippen molar-refractivity contribution in [2.75, 3.05) is 35.6 Å². The minimum Gasteiger partial charge on any atom is -0.494 e. The Balaban J connectivity index is 1.62. The topological polar surface area (TPSA) is 58.6 Å². The van der Waals surface area contributed by atoms with Crippen LogP contribution in [-0.4, -0.2) is 34.4 Å². The van der Waals surface area contributed by atoms with E-state index in [-0.39, 0.29) is 0 Å². The van der Waals surface area contributed by atoms with Gasteiger partial charge in [0.05, 0.1) is 18.6 Å². The number of anilines is 2. The van der Waals surface area contributed by atoms with Gasteiger partial charge in [-0.1, -0.05) is 24.3 Å². The van der Waals surface area contributed by atoms with Gasteiger partial charge in [-0.25, -0.2) is 8.42 Å². The minimum absolute atomic E-state index is 0.664. The Morgan fingerprint density at radius 1 is 1.12 bits per heavy atom. The van der Waals surface area contributed by atoms with Crippen LogP contribution in [-0.2, 0) is 16.4 Å². The predicted molar refractivity (Wildman–Crippen MR) is 102 cm³/mol. The van der Waals surface area contributed by atoms with Crippen LogP contribution >= 0.6 is 0 Å². The first kappa shape index (κ1) is 17.6. The molecule has 2 aromatic carbocycles. The molecule has 0 amide bonds. The van der Waals surface area contributed by atoms with Crippen molar-refractivity contribution in [2.24, 2.45) is 0 Å². The molecule has 5 nitrogen and oxygen atoms in total. The largest absolute Gasteiger partial charge is 0.494 e. The van der Waals surface area contributed by atoms with Gasteiger partial charge >= 0.3 is 0 Å². The highest BCUT2D eigenvalue weighted by molar-refractivity contribution is 7.92. The molecule has 3 rings (SSSR count). The summed E-state index contributed by atoms with van der Waals surface area (Å²) in [5.74, 6) is 0.890. The molecule has 0 saturated carbocycles. The van der Waals surface area contributed by atoms with Gasteiger partial charge in [0.1, 0.15) is 5.75 Å². The number of benzene rings is 2. The number of hydrogen-bond acceptors (Lipinski definition) is 4. The molecular formula is C19H24N2O3S. The average molecular weight is 360 g/mol. The second kappa shape index (κ2) is 7.78. The molecule has 1 N–H and O–H groups in total. The predicted octanol–water partition coefficient (Wildman–Crippen LogP) is 3.28. The van der Waals surface area contributed by atoms with Crippen LogP contribution in [0.2, 0.25) is 0 Å². The van der Waals surface area contributed by atoms with Gasteiger partial charge in [0.2, 0.25) is 10.0 Å². The van der Waals surface area contributed by atoms with Gasteiger partial charge in [-0.2, -0.15) is 0 Å². The molecule has 0 fully saturated rings. The Bertz CT molecular complexity index is 807. The zero-order valence-corrected chi connectivity index (χ0v) is 15.3. The number of para-hydroxylation sites is 1. The molecule has 0 spiro atoms. The lowest BCUT2D eigenvalue weighted by molar-refractivity contribution is 0.311. The van der Waals surface area contributed by atoms with Gasteiger partial charge in [0, 0.05) is 18.8 Å². The summed E-state index contributed by atoms with van der Waals surface area (Å²) in [5, 5.41) is 0. The fraction of sp³-hybridized carbons (Fsp3) is 0.368. The van der Waals surface area contributed by atoms with Crippen LogP contribution in [0.4, 0.5) is 11.4 Å². The monoisotopic (exact) mass is 360 g/mol. The maximum atomic E-state index is 11.6. The van der Waals surface area contributed by atoms with Crippen molar-refractivity contribution in [1.29, 1.82) is 0 Å². The van der Waals surface area contributed by atoms with E-state index >= 15 is 0 Å². The molecule has 1 heterocycles. The van der Waals surface area contributed by atoms with Crippen molar-refractivity contribution >= 4 is 21.4 Å². The Labute approximate surface area is 149 Å². The fourth-order valence-corrected chi connectivity index (χ4v) is 3.78. The Morgan fingerprint density at radius 3 is 2.68 bits per heavy atom. The SMILES string of the molecule is CS(=O)(=O)Nc1cccc2c1CCCN2CCCOc1ccccc1. The van der Waals surface area contributed by atoms with E-state index in [1.54, 1.807) is 0 Å². The second-order valence-corrected chi connectivity index (χ2v) is 8.03. The van der Waals surface area contributed by atoms with Crippen LogP contribution in [0.3, 0.4) is 0 Å². The number of nitrogens with zero attached hydrogens (tertiary/aromatic N) is 1. The van der Waals surface area contributed by atoms with Crippen molar-refractivity contribution in [3.05, 3.63) is 54.1 Å². The van der Waals surface area contributed by atoms with Gasteiger partial charge in [0.15, 0.2) is 0 Å². The second-order valence-electron chi connectivity index (χ2n) is 6.28. The molecule has 0 saturated heterocycles. The quantitative estimate of drug-likeness (QED) is 0.770. The third-order valence-corrected chi connectivity index (χ3v) is 4.82. The van der Waals surface area contributed by atoms with E-state index in [2.05, 4.69) is 15.7 Å². The van der Waals surface area contributed by atoms with E-state index < -0.39 is 10.0 Å². The molecule has 25 heavy (non-hydrogen) atoms. The number of fused-ring (bicyclic) bond motifs is 1. The minimum atomic E-state index is -3.27. The molecule has 0 atom stereocenters. The molecule has 6 heteroatoms. The highest BCUT2D eigenvalue weighted by Gasteiger charge is 2.20. The summed E-state index contributed by atoms with van der Waals surface area (Å²) in [7, 11) is -3.27. The standard InChI is InChI=1S/C19H24N2O3S/c1-25(22,23)20-18-11-5-12-19-17(18)10-6-13-21(19)14-7-15-24-16-8-3-2-4-9-16/h2-5,8-9,11-12,20H,6-7,10,13-15H2,1H3. The van der Waals surface area contributed by atoms with E-state index in [0.717, 1.165) is 49.4 Å². The Kier molecular flexibility index (Phi) is 5.48. The highest BCUT2D eigenvalue weighted by atomic mass is 32.2. The lowest BCUT2D eigenvalue weighted by Gasteiger charge is -2.32. The lowest BCUT2D eigenvalue weighted by Crippen LogP contribution is -2.31. The van der Waals surface area contributed by atoms with Crippen LogP contribution < -0.4 is 14.4 Å². The molecule has 0 unspecified atom stereocenters. The number of sulfonamides is 1. The van der Waals surface area contributed by atoms with Crippen molar-refractivity contribution in [2.45, 2.75) is 19.3 Å². The fourth-order valence-electron chi connectivity index (χ4n) is 3.19. The molecular weight excluding hydrogens is 336 g/mol. The van der Waals surface area contributed by atoms with Crippen molar-refractivity contribution in [1.82, 2.24) is 0 Å². The van der Waals surface area contributed by atoms with Crippen molar-refractivity contribution in [3.63, 3.8) is 0 Å². The first-order valence-electron chi connectivity index (χ1n) is 8.55. The maximum absolute atomic E-state index is 11.6. The van der Waals surface area contributed by atoms with E-state index in [0.29, 0.717) is 12.3 Å². The van der Waals surface area contributed by atoms with Crippen molar-refractivity contribution < 1.29 is 13.2 Å². The normalized spacial score (nSPS) is 14.0. The molecule has 1 aliphatic rings. The van der Waals surface area contributed by atoms with Gasteiger partial charge in [-0.15, -0.1) is 0 Å². The number of hydrogen-bond donors (Lipinski definition) is 1. The summed E-state index contributed by atoms with van der Waals surface area (Å²) < 4.78 is 31.5. The highest BCUT2D eigenvalue weighted by Crippen LogP contribution is 2.33. The Morgan fingerprint density at radius 2 is 1.92 bits per heavy atom. The van der Waals surface area contributed by atoms with Gasteiger partial charge < -0.3 is 9.64 Å². The van der Waals surface area contributed by atoms with Crippen LogP contribution in [0, 0.1) is 0 Å². The van der Waals surface area contributed by atoms with Gasteiger partial charge in [-0.3, -0.25) is 4.72 Å². The summed E-state index contributed by atoms with van der Waals surface area (Å²) in [6.45, 7) is 2.54. The van der Waals surface area contributed by atoms with Crippen molar-refractivity contribution in [3.8, 4) is 5.75 Å². The third kappa shape index (κ3) is 4.89. The summed E-state index contributed by atoms with van der Waals surface area (Å²) >= 11 is 0. The average Bonchev–Trinajstić information content (AvgIpc) is 2.59. The maximum Gasteiger partial charge on any atom is 0.229 e. The van der Waals surface area contributed by atoms with Crippen LogP contribution in [0.5, 0.6) is 5.75 Å². The van der Waals surface area contributed by atoms with Crippen LogP contribution in [0.15, 0.2) is 48.5 Å². The van der Waals surface area contributed by atoms with Gasteiger partial charge in [-0.05, 0) is 49.1 Å². The first-order chi connectivity index (χ1) is 12.0. The molecule has 2 aromatic rings. The van der Waals surface area contributed by atoms with E-state index in [4.69, 9.17) is 4.74 Å². The molecule has 0 aromatic heterocycles. The van der Waals surface area contributed by atoms with Crippen LogP contribution in [0.1, 0.15) is 18.4 Å². The summed E-state index contributed by atoms with van der Waals surface area (Å²) in [4.78, 5) is 2.32. The smallest absolute Gasteiger partial charge is 0.229 e. The zero-order chi connectivity index (χ0) is 17.7. The molecule has 0 bridgehead atoms. The zero-order valence-electron chi connectivity index (χ0n) is 14.4. The summed E-state index contributed by atoms with van der Waals surface area (Å²) in [6, 6.07) is 15.6. The Hall–Kier alpha value is -2.21. The summed E-state index contributed by atoms with van der Waals surface area (Å²) in [5.41, 5.74) is 2.91. The number of ether oxygens (including phenoxy) is 1. The van der Waals surface area contributed by atoms with Gasteiger partial charge in [0.25, 0.3) is 0 Å². The van der Waals surface area contributed by atoms with Crippen LogP contribution in [0.25, 0.3) is 0 Å². The first-order valence-corrected chi connectivity index (χ1v) is 10.4. The number of rotatable bonds is 7. The van der Waals surface area contributed by atoms with E-state index in [1.165, 1.54) is 6.26 Å². The lowest BCUT2D eigenvalue weighted by atomic mass is 10.00. The summed E-state index contributed by atoms with van der Waals surface area (Å²) in [6.07, 6.45) is 4.02. The molecule has 0 aliphatic carbocycles. The molecule has 1 aliphatic heterocycles. The number of nitrogens with one attached hydrogen (secondary N) is 1. The van der Waals surface area contributed by atoms with E-state index in [9.17, 15) is 8.42 Å². The third-order valence-electron chi connectivity index (χ3n) is 4.23. The molecule has 134 valence electrons. The molecule has 0 radical (unpaired) electrons. The van der Waals surface area contributed by atoms with E-state index in [1.807, 2.05) is 42.5 Å².